The molecule has 0 atom stereocenters. The van der Waals surface area contributed by atoms with E-state index in [0.717, 1.165) is 28.3 Å². The number of rotatable bonds is 3. The maximum atomic E-state index is 13.0. The van der Waals surface area contributed by atoms with Crippen LogP contribution in [0.5, 0.6) is 0 Å². The van der Waals surface area contributed by atoms with Gasteiger partial charge in [-0.15, -0.1) is 5.10 Å². The lowest BCUT2D eigenvalue weighted by molar-refractivity contribution is 0.103. The Morgan fingerprint density at radius 3 is 2.61 bits per heavy atom. The lowest BCUT2D eigenvalue weighted by Crippen LogP contribution is -2.12. The van der Waals surface area contributed by atoms with Crippen LogP contribution in [-0.2, 0) is 0 Å². The number of hydrogen-bond donors (Lipinski definition) is 1. The number of carbonyl (C=O) groups excluding carboxylic acids is 1. The fraction of sp³-hybridized carbons (Fsp3) is 0.118. The smallest absolute Gasteiger partial charge is 0.269 e. The van der Waals surface area contributed by atoms with E-state index < -0.39 is 0 Å². The van der Waals surface area contributed by atoms with Gasteiger partial charge in [-0.1, -0.05) is 16.6 Å². The summed E-state index contributed by atoms with van der Waals surface area (Å²) in [5, 5.41) is 6.90. The lowest BCUT2D eigenvalue weighted by atomic mass is 10.1. The van der Waals surface area contributed by atoms with Crippen LogP contribution in [0.2, 0.25) is 0 Å². The van der Waals surface area contributed by atoms with Gasteiger partial charge in [-0.2, -0.15) is 0 Å². The minimum Gasteiger partial charge on any atom is -0.321 e. The van der Waals surface area contributed by atoms with Gasteiger partial charge in [-0.3, -0.25) is 4.79 Å². The van der Waals surface area contributed by atoms with Gasteiger partial charge >= 0.3 is 0 Å². The molecule has 0 radical (unpaired) electrons. The molecule has 4 nitrogen and oxygen atoms in total. The highest BCUT2D eigenvalue weighted by Crippen LogP contribution is 2.26. The number of amides is 1. The molecule has 3 rings (SSSR count). The Bertz CT molecular complexity index is 859. The maximum absolute atomic E-state index is 13.0. The molecule has 0 spiro atoms. The third-order valence-electron chi connectivity index (χ3n) is 3.45. The van der Waals surface area contributed by atoms with Crippen molar-refractivity contribution in [2.75, 3.05) is 5.32 Å². The normalized spacial score (nSPS) is 10.6. The third kappa shape index (κ3) is 3.27. The molecular formula is C17H14FN3OS. The van der Waals surface area contributed by atoms with Crippen LogP contribution in [0.1, 0.15) is 20.8 Å². The molecule has 0 aliphatic carbocycles. The SMILES string of the molecule is Cc1ccc(C)c(NC(=O)c2snnc2-c2ccc(F)cc2)c1. The Labute approximate surface area is 137 Å². The second-order valence-electron chi connectivity index (χ2n) is 5.23. The van der Waals surface area contributed by atoms with E-state index in [1.165, 1.54) is 12.1 Å². The molecule has 0 bridgehead atoms. The summed E-state index contributed by atoms with van der Waals surface area (Å²) in [6, 6.07) is 11.7. The second kappa shape index (κ2) is 6.26. The Morgan fingerprint density at radius 1 is 1.13 bits per heavy atom. The molecule has 116 valence electrons. The van der Waals surface area contributed by atoms with Gasteiger partial charge < -0.3 is 5.32 Å². The number of nitrogens with one attached hydrogen (secondary N) is 1. The van der Waals surface area contributed by atoms with Crippen LogP contribution in [0.25, 0.3) is 11.3 Å². The summed E-state index contributed by atoms with van der Waals surface area (Å²) in [6.07, 6.45) is 0. The van der Waals surface area contributed by atoms with Crippen molar-refractivity contribution in [3.05, 3.63) is 64.3 Å². The third-order valence-corrected chi connectivity index (χ3v) is 4.18. The first-order valence-corrected chi connectivity index (χ1v) is 7.79. The van der Waals surface area contributed by atoms with Crippen LogP contribution in [-0.4, -0.2) is 15.5 Å². The van der Waals surface area contributed by atoms with Gasteiger partial charge in [0.1, 0.15) is 16.4 Å². The molecule has 0 saturated heterocycles. The van der Waals surface area contributed by atoms with E-state index in [4.69, 9.17) is 0 Å². The number of nitrogens with zero attached hydrogens (tertiary/aromatic N) is 2. The average molecular weight is 327 g/mol. The first-order chi connectivity index (χ1) is 11.0. The van der Waals surface area contributed by atoms with E-state index in [-0.39, 0.29) is 11.7 Å². The fourth-order valence-electron chi connectivity index (χ4n) is 2.19. The molecule has 0 fully saturated rings. The molecule has 0 aliphatic rings. The van der Waals surface area contributed by atoms with Gasteiger partial charge in [0.2, 0.25) is 0 Å². The van der Waals surface area contributed by atoms with E-state index in [1.807, 2.05) is 32.0 Å². The minimum absolute atomic E-state index is 0.270. The zero-order valence-electron chi connectivity index (χ0n) is 12.6. The molecule has 0 aliphatic heterocycles. The van der Waals surface area contributed by atoms with Crippen molar-refractivity contribution in [2.24, 2.45) is 0 Å². The van der Waals surface area contributed by atoms with Gasteiger partial charge in [0.25, 0.3) is 5.91 Å². The maximum Gasteiger partial charge on any atom is 0.269 e. The molecular weight excluding hydrogens is 313 g/mol. The zero-order valence-corrected chi connectivity index (χ0v) is 13.4. The van der Waals surface area contributed by atoms with E-state index in [0.29, 0.717) is 16.1 Å². The highest BCUT2D eigenvalue weighted by atomic mass is 32.1. The minimum atomic E-state index is -0.335. The van der Waals surface area contributed by atoms with Crippen LogP contribution in [0, 0.1) is 19.7 Å². The van der Waals surface area contributed by atoms with E-state index >= 15 is 0 Å². The molecule has 23 heavy (non-hydrogen) atoms. The quantitative estimate of drug-likeness (QED) is 0.784. The molecule has 1 aromatic heterocycles. The number of aryl methyl sites for hydroxylation is 2. The number of aromatic nitrogens is 2. The van der Waals surface area contributed by atoms with Gasteiger partial charge in [-0.05, 0) is 66.8 Å². The van der Waals surface area contributed by atoms with Crippen LogP contribution >= 0.6 is 11.5 Å². The Hall–Kier alpha value is -2.60. The first-order valence-electron chi connectivity index (χ1n) is 7.01. The van der Waals surface area contributed by atoms with Crippen molar-refractivity contribution >= 4 is 23.1 Å². The highest BCUT2D eigenvalue weighted by molar-refractivity contribution is 7.08. The topological polar surface area (TPSA) is 54.9 Å². The van der Waals surface area contributed by atoms with Crippen molar-refractivity contribution in [1.82, 2.24) is 9.59 Å². The molecule has 3 aromatic rings. The van der Waals surface area contributed by atoms with Gasteiger partial charge in [-0.25, -0.2) is 4.39 Å². The van der Waals surface area contributed by atoms with Crippen LogP contribution in [0.15, 0.2) is 42.5 Å². The average Bonchev–Trinajstić information content (AvgIpc) is 3.01. The summed E-state index contributed by atoms with van der Waals surface area (Å²) in [6.45, 7) is 3.90. The Kier molecular flexibility index (Phi) is 4.16. The number of hydrogen-bond acceptors (Lipinski definition) is 4. The van der Waals surface area contributed by atoms with Crippen molar-refractivity contribution in [2.45, 2.75) is 13.8 Å². The van der Waals surface area contributed by atoms with Crippen molar-refractivity contribution < 1.29 is 9.18 Å². The number of carbonyl (C=O) groups is 1. The molecule has 0 unspecified atom stereocenters. The molecule has 1 amide bonds. The van der Waals surface area contributed by atoms with E-state index in [1.54, 1.807) is 12.1 Å². The Balaban J connectivity index is 1.91. The van der Waals surface area contributed by atoms with Crippen LogP contribution < -0.4 is 5.32 Å². The lowest BCUT2D eigenvalue weighted by Gasteiger charge is -2.09. The number of anilines is 1. The number of benzene rings is 2. The second-order valence-corrected chi connectivity index (χ2v) is 5.98. The first kappa shape index (κ1) is 15.3. The van der Waals surface area contributed by atoms with Gasteiger partial charge in [0, 0.05) is 11.3 Å². The van der Waals surface area contributed by atoms with E-state index in [9.17, 15) is 9.18 Å². The Morgan fingerprint density at radius 2 is 1.87 bits per heavy atom. The summed E-state index contributed by atoms with van der Waals surface area (Å²) < 4.78 is 16.9. The summed E-state index contributed by atoms with van der Waals surface area (Å²) in [4.78, 5) is 12.9. The van der Waals surface area contributed by atoms with Gasteiger partial charge in [0.15, 0.2) is 0 Å². The standard InChI is InChI=1S/C17H14FN3OS/c1-10-3-4-11(2)14(9-10)19-17(22)16-15(20-21-23-16)12-5-7-13(18)8-6-12/h3-9H,1-2H3,(H,19,22). The van der Waals surface area contributed by atoms with E-state index in [2.05, 4.69) is 14.9 Å². The van der Waals surface area contributed by atoms with Crippen molar-refractivity contribution in [3.63, 3.8) is 0 Å². The summed E-state index contributed by atoms with van der Waals surface area (Å²) in [5.41, 5.74) is 3.91. The summed E-state index contributed by atoms with van der Waals surface area (Å²) in [7, 11) is 0. The largest absolute Gasteiger partial charge is 0.321 e. The predicted molar refractivity (Wildman–Crippen MR) is 89.2 cm³/mol. The molecule has 1 heterocycles. The monoisotopic (exact) mass is 327 g/mol. The molecule has 1 N–H and O–H groups in total. The zero-order chi connectivity index (χ0) is 16.4. The number of halogens is 1. The van der Waals surface area contributed by atoms with Crippen LogP contribution in [0.4, 0.5) is 10.1 Å². The van der Waals surface area contributed by atoms with Crippen molar-refractivity contribution in [3.8, 4) is 11.3 Å². The molecule has 6 heteroatoms. The summed E-state index contributed by atoms with van der Waals surface area (Å²) >= 11 is 1.02. The summed E-state index contributed by atoms with van der Waals surface area (Å²) in [5.74, 6) is -0.605. The highest BCUT2D eigenvalue weighted by Gasteiger charge is 2.18. The molecule has 2 aromatic carbocycles. The molecule has 0 saturated carbocycles. The fourth-order valence-corrected chi connectivity index (χ4v) is 2.77. The van der Waals surface area contributed by atoms with Crippen LogP contribution in [0.3, 0.4) is 0 Å². The predicted octanol–water partition coefficient (Wildman–Crippen LogP) is 4.21. The van der Waals surface area contributed by atoms with Crippen molar-refractivity contribution in [1.29, 1.82) is 0 Å². The van der Waals surface area contributed by atoms with Gasteiger partial charge in [0.05, 0.1) is 0 Å².